The number of fused-ring (bicyclic) bond motifs is 1. The predicted molar refractivity (Wildman–Crippen MR) is 86.6 cm³/mol. The fraction of sp³-hybridized carbons (Fsp3) is 0.611. The summed E-state index contributed by atoms with van der Waals surface area (Å²) in [5.74, 6) is 0.546. The first kappa shape index (κ1) is 14.6. The van der Waals surface area contributed by atoms with Gasteiger partial charge in [-0.3, -0.25) is 0 Å². The van der Waals surface area contributed by atoms with Gasteiger partial charge in [0.1, 0.15) is 0 Å². The zero-order chi connectivity index (χ0) is 15.0. The highest BCUT2D eigenvalue weighted by atomic mass is 16.5. The normalized spacial score (nSPS) is 18.5. The summed E-state index contributed by atoms with van der Waals surface area (Å²) in [4.78, 5) is 2.59. The first-order chi connectivity index (χ1) is 9.92. The van der Waals surface area contributed by atoms with E-state index in [1.807, 2.05) is 0 Å². The van der Waals surface area contributed by atoms with Crippen LogP contribution in [-0.2, 0) is 0 Å². The van der Waals surface area contributed by atoms with E-state index in [1.54, 1.807) is 0 Å². The third-order valence-electron chi connectivity index (χ3n) is 4.33. The fourth-order valence-electron chi connectivity index (χ4n) is 3.39. The summed E-state index contributed by atoms with van der Waals surface area (Å²) in [5, 5.41) is 5.57. The van der Waals surface area contributed by atoms with Gasteiger partial charge in [-0.15, -0.1) is 0 Å². The van der Waals surface area contributed by atoms with Crippen molar-refractivity contribution in [2.75, 3.05) is 19.6 Å². The van der Waals surface area contributed by atoms with Gasteiger partial charge in [-0.05, 0) is 56.0 Å². The molecule has 0 aliphatic carbocycles. The summed E-state index contributed by atoms with van der Waals surface area (Å²) in [6.45, 7) is 12.5. The SMILES string of the molecule is Cc1ccc2c(C3CCN(CC(C)(C)C)CC3)noc2c1. The Bertz CT molecular complexity index is 616. The van der Waals surface area contributed by atoms with Crippen molar-refractivity contribution in [1.29, 1.82) is 0 Å². The molecule has 1 aliphatic rings. The molecular formula is C18H26N2O. The molecule has 3 nitrogen and oxygen atoms in total. The zero-order valence-electron chi connectivity index (χ0n) is 13.6. The highest BCUT2D eigenvalue weighted by molar-refractivity contribution is 5.80. The number of nitrogens with zero attached hydrogens (tertiary/aromatic N) is 2. The van der Waals surface area contributed by atoms with Crippen molar-refractivity contribution < 1.29 is 4.52 Å². The lowest BCUT2D eigenvalue weighted by Crippen LogP contribution is -2.38. The predicted octanol–water partition coefficient (Wildman–Crippen LogP) is 4.36. The molecule has 1 aliphatic heterocycles. The Morgan fingerprint density at radius 2 is 1.95 bits per heavy atom. The average molecular weight is 286 g/mol. The van der Waals surface area contributed by atoms with Crippen LogP contribution < -0.4 is 0 Å². The molecule has 0 radical (unpaired) electrons. The lowest BCUT2D eigenvalue weighted by atomic mass is 9.89. The number of benzene rings is 1. The fourth-order valence-corrected chi connectivity index (χ4v) is 3.39. The Balaban J connectivity index is 1.71. The highest BCUT2D eigenvalue weighted by Crippen LogP contribution is 2.33. The summed E-state index contributed by atoms with van der Waals surface area (Å²) in [6.07, 6.45) is 2.37. The number of piperidine rings is 1. The van der Waals surface area contributed by atoms with Gasteiger partial charge in [-0.2, -0.15) is 0 Å². The summed E-state index contributed by atoms with van der Waals surface area (Å²) in [7, 11) is 0. The molecule has 0 unspecified atom stereocenters. The first-order valence-electron chi connectivity index (χ1n) is 8.01. The van der Waals surface area contributed by atoms with E-state index < -0.39 is 0 Å². The molecule has 0 N–H and O–H groups in total. The Kier molecular flexibility index (Phi) is 3.78. The second kappa shape index (κ2) is 5.45. The van der Waals surface area contributed by atoms with E-state index in [4.69, 9.17) is 4.52 Å². The van der Waals surface area contributed by atoms with Crippen molar-refractivity contribution in [3.8, 4) is 0 Å². The third-order valence-corrected chi connectivity index (χ3v) is 4.33. The Morgan fingerprint density at radius 1 is 1.24 bits per heavy atom. The Morgan fingerprint density at radius 3 is 2.62 bits per heavy atom. The van der Waals surface area contributed by atoms with Crippen molar-refractivity contribution in [3.63, 3.8) is 0 Å². The molecule has 21 heavy (non-hydrogen) atoms. The molecule has 2 heterocycles. The molecule has 1 saturated heterocycles. The molecule has 0 atom stereocenters. The minimum absolute atomic E-state index is 0.380. The van der Waals surface area contributed by atoms with Crippen LogP contribution in [0.5, 0.6) is 0 Å². The number of rotatable bonds is 2. The molecule has 0 bridgehead atoms. The van der Waals surface area contributed by atoms with E-state index in [0.717, 1.165) is 5.58 Å². The van der Waals surface area contributed by atoms with Gasteiger partial charge in [0, 0.05) is 17.8 Å². The van der Waals surface area contributed by atoms with Crippen LogP contribution in [0.25, 0.3) is 11.0 Å². The third kappa shape index (κ3) is 3.29. The molecule has 1 fully saturated rings. The van der Waals surface area contributed by atoms with Crippen LogP contribution >= 0.6 is 0 Å². The molecule has 0 spiro atoms. The summed E-state index contributed by atoms with van der Waals surface area (Å²) < 4.78 is 5.53. The van der Waals surface area contributed by atoms with E-state index in [-0.39, 0.29) is 0 Å². The van der Waals surface area contributed by atoms with Crippen LogP contribution in [0.3, 0.4) is 0 Å². The Labute approximate surface area is 127 Å². The first-order valence-corrected chi connectivity index (χ1v) is 8.01. The van der Waals surface area contributed by atoms with Crippen molar-refractivity contribution in [1.82, 2.24) is 10.1 Å². The van der Waals surface area contributed by atoms with Gasteiger partial charge >= 0.3 is 0 Å². The van der Waals surface area contributed by atoms with Gasteiger partial charge in [0.25, 0.3) is 0 Å². The van der Waals surface area contributed by atoms with Crippen LogP contribution in [0.15, 0.2) is 22.7 Å². The Hall–Kier alpha value is -1.35. The van der Waals surface area contributed by atoms with Crippen LogP contribution in [0.1, 0.15) is 50.8 Å². The molecule has 1 aromatic carbocycles. The van der Waals surface area contributed by atoms with Gasteiger partial charge in [0.2, 0.25) is 0 Å². The number of hydrogen-bond acceptors (Lipinski definition) is 3. The quantitative estimate of drug-likeness (QED) is 0.821. The topological polar surface area (TPSA) is 29.3 Å². The highest BCUT2D eigenvalue weighted by Gasteiger charge is 2.26. The second-order valence-corrected chi connectivity index (χ2v) is 7.68. The standard InChI is InChI=1S/C18H26N2O/c1-13-5-6-15-16(11-13)21-19-17(15)14-7-9-20(10-8-14)12-18(2,3)4/h5-6,11,14H,7-10,12H2,1-4H3. The van der Waals surface area contributed by atoms with Crippen molar-refractivity contribution >= 4 is 11.0 Å². The maximum atomic E-state index is 5.53. The van der Waals surface area contributed by atoms with Gasteiger partial charge in [-0.25, -0.2) is 0 Å². The molecule has 0 saturated carbocycles. The molecule has 0 amide bonds. The lowest BCUT2D eigenvalue weighted by molar-refractivity contribution is 0.152. The average Bonchev–Trinajstić information content (AvgIpc) is 2.80. The number of aromatic nitrogens is 1. The molecule has 3 rings (SSSR count). The molecule has 114 valence electrons. The minimum Gasteiger partial charge on any atom is -0.356 e. The van der Waals surface area contributed by atoms with Gasteiger partial charge in [0.05, 0.1) is 5.69 Å². The van der Waals surface area contributed by atoms with E-state index >= 15 is 0 Å². The molecule has 2 aromatic rings. The molecule has 1 aromatic heterocycles. The summed E-state index contributed by atoms with van der Waals surface area (Å²) in [6, 6.07) is 6.40. The monoisotopic (exact) mass is 286 g/mol. The van der Waals surface area contributed by atoms with Crippen molar-refractivity contribution in [2.24, 2.45) is 5.41 Å². The number of hydrogen-bond donors (Lipinski definition) is 0. The number of aryl methyl sites for hydroxylation is 1. The van der Waals surface area contributed by atoms with Gasteiger partial charge in [0.15, 0.2) is 5.58 Å². The van der Waals surface area contributed by atoms with Crippen LogP contribution in [0.4, 0.5) is 0 Å². The van der Waals surface area contributed by atoms with E-state index in [9.17, 15) is 0 Å². The summed E-state index contributed by atoms with van der Waals surface area (Å²) >= 11 is 0. The van der Waals surface area contributed by atoms with Crippen molar-refractivity contribution in [2.45, 2.75) is 46.5 Å². The van der Waals surface area contributed by atoms with E-state index in [2.05, 4.69) is 56.0 Å². The van der Waals surface area contributed by atoms with Gasteiger partial charge < -0.3 is 9.42 Å². The molecular weight excluding hydrogens is 260 g/mol. The van der Waals surface area contributed by atoms with Crippen molar-refractivity contribution in [3.05, 3.63) is 29.5 Å². The number of likely N-dealkylation sites (tertiary alicyclic amines) is 1. The van der Waals surface area contributed by atoms with Gasteiger partial charge in [-0.1, -0.05) is 32.0 Å². The zero-order valence-corrected chi connectivity index (χ0v) is 13.6. The molecule has 3 heteroatoms. The maximum absolute atomic E-state index is 5.53. The lowest BCUT2D eigenvalue weighted by Gasteiger charge is -2.35. The second-order valence-electron chi connectivity index (χ2n) is 7.68. The van der Waals surface area contributed by atoms with E-state index in [1.165, 1.54) is 49.1 Å². The summed E-state index contributed by atoms with van der Waals surface area (Å²) in [5.41, 5.74) is 3.71. The van der Waals surface area contributed by atoms with Crippen LogP contribution in [0, 0.1) is 12.3 Å². The minimum atomic E-state index is 0.380. The maximum Gasteiger partial charge on any atom is 0.167 e. The smallest absolute Gasteiger partial charge is 0.167 e. The van der Waals surface area contributed by atoms with Crippen LogP contribution in [0.2, 0.25) is 0 Å². The van der Waals surface area contributed by atoms with E-state index in [0.29, 0.717) is 11.3 Å². The largest absolute Gasteiger partial charge is 0.356 e. The van der Waals surface area contributed by atoms with Crippen LogP contribution in [-0.4, -0.2) is 29.7 Å².